The third-order valence-electron chi connectivity index (χ3n) is 2.99. The van der Waals surface area contributed by atoms with E-state index in [0.29, 0.717) is 5.76 Å². The summed E-state index contributed by atoms with van der Waals surface area (Å²) in [5.74, 6) is 1.44. The van der Waals surface area contributed by atoms with Crippen LogP contribution < -0.4 is 0 Å². The van der Waals surface area contributed by atoms with Gasteiger partial charge in [0.2, 0.25) is 0 Å². The maximum absolute atomic E-state index is 5.92. The van der Waals surface area contributed by atoms with Gasteiger partial charge >= 0.3 is 0 Å². The van der Waals surface area contributed by atoms with E-state index in [1.807, 2.05) is 6.08 Å². The van der Waals surface area contributed by atoms with Crippen molar-refractivity contribution in [2.24, 2.45) is 4.99 Å². The average molecular weight is 371 g/mol. The molecule has 0 amide bonds. The zero-order valence-electron chi connectivity index (χ0n) is 14.4. The molecule has 1 aliphatic carbocycles. The second kappa shape index (κ2) is 8.82. The first-order valence-electron chi connectivity index (χ1n) is 7.54. The Kier molecular flexibility index (Phi) is 8.60. The predicted molar refractivity (Wildman–Crippen MR) is 83.7 cm³/mol. The summed E-state index contributed by atoms with van der Waals surface area (Å²) >= 11 is 0. The van der Waals surface area contributed by atoms with E-state index in [4.69, 9.17) is 9.47 Å². The first kappa shape index (κ1) is 20.5. The van der Waals surface area contributed by atoms with Crippen LogP contribution in [0.1, 0.15) is 61.3 Å². The van der Waals surface area contributed by atoms with Crippen molar-refractivity contribution < 1.29 is 31.9 Å². The molecule has 0 bridgehead atoms. The van der Waals surface area contributed by atoms with Crippen LogP contribution in [-0.4, -0.2) is 23.5 Å². The first-order valence-corrected chi connectivity index (χ1v) is 7.54. The molecule has 0 saturated heterocycles. The Balaban J connectivity index is 0.00000400. The topological polar surface area (TPSA) is 30.8 Å². The molecule has 2 atom stereocenters. The van der Waals surface area contributed by atoms with E-state index >= 15 is 0 Å². The molecule has 0 aliphatic heterocycles. The fourth-order valence-corrected chi connectivity index (χ4v) is 1.58. The number of rotatable bonds is 6. The maximum atomic E-state index is 5.92. The molecule has 0 aromatic carbocycles. The SMILES string of the molecule is CCC(C)OC1=[C-]C(=NC(C)(C)C)C=C1OC(C)CC.[Nb]. The molecule has 4 heteroatoms. The summed E-state index contributed by atoms with van der Waals surface area (Å²) in [6.07, 6.45) is 7.36. The van der Waals surface area contributed by atoms with E-state index in [9.17, 15) is 0 Å². The molecule has 0 heterocycles. The first-order chi connectivity index (χ1) is 9.25. The van der Waals surface area contributed by atoms with Crippen LogP contribution in [0.3, 0.4) is 0 Å². The van der Waals surface area contributed by atoms with Crippen LogP contribution in [0.4, 0.5) is 0 Å². The van der Waals surface area contributed by atoms with E-state index in [1.165, 1.54) is 0 Å². The van der Waals surface area contributed by atoms with Crippen LogP contribution in [0, 0.1) is 6.08 Å². The van der Waals surface area contributed by atoms with Gasteiger partial charge in [-0.3, -0.25) is 0 Å². The van der Waals surface area contributed by atoms with E-state index in [0.717, 1.165) is 24.3 Å². The number of allylic oxidation sites excluding steroid dienone is 2. The largest absolute Gasteiger partial charge is 0.556 e. The fourth-order valence-electron chi connectivity index (χ4n) is 1.58. The molecule has 119 valence electrons. The third-order valence-corrected chi connectivity index (χ3v) is 2.99. The predicted octanol–water partition coefficient (Wildman–Crippen LogP) is 4.44. The molecule has 1 radical (unpaired) electrons. The molecule has 1 rings (SSSR count). The minimum atomic E-state index is -0.133. The Morgan fingerprint density at radius 3 is 2.10 bits per heavy atom. The molecule has 2 unspecified atom stereocenters. The van der Waals surface area contributed by atoms with Gasteiger partial charge in [0.05, 0.1) is 17.7 Å². The van der Waals surface area contributed by atoms with Crippen molar-refractivity contribution in [1.82, 2.24) is 0 Å². The van der Waals surface area contributed by atoms with Crippen LogP contribution in [0.25, 0.3) is 0 Å². The van der Waals surface area contributed by atoms with Gasteiger partial charge in [-0.2, -0.15) is 0 Å². The molecule has 3 nitrogen and oxygen atoms in total. The van der Waals surface area contributed by atoms with Gasteiger partial charge in [0, 0.05) is 33.9 Å². The normalized spacial score (nSPS) is 19.5. The maximum Gasteiger partial charge on any atom is 0.0926 e. The molecule has 1 aliphatic rings. The van der Waals surface area contributed by atoms with Crippen molar-refractivity contribution in [1.29, 1.82) is 0 Å². The number of hydrogen-bond acceptors (Lipinski definition) is 3. The standard InChI is InChI=1S/C17H28NO2.Nb/c1-8-12(3)19-15-10-14(18-17(5,6)7)11-16(15)20-13(4)9-2;/h10,12-13H,8-9H2,1-7H3;/q-1;. The Hall–Kier alpha value is -0.510. The van der Waals surface area contributed by atoms with Gasteiger partial charge in [-0.15, -0.1) is 12.2 Å². The summed E-state index contributed by atoms with van der Waals surface area (Å²) < 4.78 is 11.8. The molecule has 0 spiro atoms. The minimum absolute atomic E-state index is 0. The van der Waals surface area contributed by atoms with Gasteiger partial charge < -0.3 is 14.5 Å². The van der Waals surface area contributed by atoms with E-state index in [1.54, 1.807) is 0 Å². The summed E-state index contributed by atoms with van der Waals surface area (Å²) in [4.78, 5) is 4.62. The Bertz CT molecular complexity index is 389. The zero-order valence-corrected chi connectivity index (χ0v) is 16.6. The van der Waals surface area contributed by atoms with Crippen LogP contribution in [-0.2, 0) is 31.9 Å². The smallest absolute Gasteiger partial charge is 0.0926 e. The molecule has 0 saturated carbocycles. The summed E-state index contributed by atoms with van der Waals surface area (Å²) in [7, 11) is 0. The molecule has 0 N–H and O–H groups in total. The zero-order chi connectivity index (χ0) is 15.3. The molecular formula is C17H28NNbO2-. The summed E-state index contributed by atoms with van der Waals surface area (Å²) in [5, 5.41) is 0. The van der Waals surface area contributed by atoms with Crippen molar-refractivity contribution >= 4 is 5.71 Å². The number of hydrogen-bond donors (Lipinski definition) is 0. The van der Waals surface area contributed by atoms with Gasteiger partial charge in [-0.1, -0.05) is 19.6 Å². The van der Waals surface area contributed by atoms with Crippen molar-refractivity contribution in [2.45, 2.75) is 79.1 Å². The van der Waals surface area contributed by atoms with Gasteiger partial charge in [0.25, 0.3) is 0 Å². The second-order valence-electron chi connectivity index (χ2n) is 6.30. The van der Waals surface area contributed by atoms with Gasteiger partial charge in [-0.25, -0.2) is 0 Å². The Labute approximate surface area is 145 Å². The van der Waals surface area contributed by atoms with Crippen LogP contribution in [0.15, 0.2) is 22.6 Å². The Morgan fingerprint density at radius 2 is 1.62 bits per heavy atom. The van der Waals surface area contributed by atoms with Crippen LogP contribution in [0.2, 0.25) is 0 Å². The molecule has 0 aromatic rings. The minimum Gasteiger partial charge on any atom is -0.556 e. The molecule has 0 aromatic heterocycles. The number of ether oxygens (including phenoxy) is 2. The second-order valence-corrected chi connectivity index (χ2v) is 6.30. The van der Waals surface area contributed by atoms with E-state index < -0.39 is 0 Å². The quantitative estimate of drug-likeness (QED) is 0.511. The van der Waals surface area contributed by atoms with E-state index in [2.05, 4.69) is 59.5 Å². The summed E-state index contributed by atoms with van der Waals surface area (Å²) in [6.45, 7) is 14.5. The third kappa shape index (κ3) is 7.35. The molecular weight excluding hydrogens is 343 g/mol. The van der Waals surface area contributed by atoms with Gasteiger partial charge in [0.1, 0.15) is 0 Å². The fraction of sp³-hybridized carbons (Fsp3) is 0.706. The molecule has 21 heavy (non-hydrogen) atoms. The Morgan fingerprint density at radius 1 is 1.10 bits per heavy atom. The van der Waals surface area contributed by atoms with Crippen molar-refractivity contribution in [3.05, 3.63) is 23.7 Å². The van der Waals surface area contributed by atoms with E-state index in [-0.39, 0.29) is 40.1 Å². The van der Waals surface area contributed by atoms with Crippen LogP contribution in [0.5, 0.6) is 0 Å². The summed E-state index contributed by atoms with van der Waals surface area (Å²) in [6, 6.07) is 0. The average Bonchev–Trinajstić information content (AvgIpc) is 2.68. The monoisotopic (exact) mass is 371 g/mol. The van der Waals surface area contributed by atoms with Crippen LogP contribution >= 0.6 is 0 Å². The number of nitrogens with zero attached hydrogens (tertiary/aromatic N) is 1. The van der Waals surface area contributed by atoms with Crippen molar-refractivity contribution in [3.8, 4) is 0 Å². The molecule has 0 fully saturated rings. The van der Waals surface area contributed by atoms with Gasteiger partial charge in [-0.05, 0) is 47.5 Å². The summed E-state index contributed by atoms with van der Waals surface area (Å²) in [5.41, 5.74) is 0.667. The number of aliphatic imine (C=N–C) groups is 1. The van der Waals surface area contributed by atoms with Crippen molar-refractivity contribution in [3.63, 3.8) is 0 Å². The van der Waals surface area contributed by atoms with Gasteiger partial charge in [0.15, 0.2) is 0 Å². The van der Waals surface area contributed by atoms with Crippen molar-refractivity contribution in [2.75, 3.05) is 0 Å².